The normalized spacial score (nSPS) is 13.3. The van der Waals surface area contributed by atoms with Crippen LogP contribution in [0, 0.1) is 5.92 Å². The van der Waals surface area contributed by atoms with Crippen molar-refractivity contribution in [2.45, 2.75) is 64.0 Å². The Labute approximate surface area is 350 Å². The lowest BCUT2D eigenvalue weighted by Crippen LogP contribution is -2.24. The van der Waals surface area contributed by atoms with Gasteiger partial charge < -0.3 is 57.6 Å². The molecule has 2 saturated carbocycles. The second kappa shape index (κ2) is 22.0. The quantitative estimate of drug-likeness (QED) is 0.0704. The molecule has 2 fully saturated rings. The van der Waals surface area contributed by atoms with Crippen LogP contribution >= 0.6 is 0 Å². The number of hydrogen-bond acceptors (Lipinski definition) is 15. The molecule has 8 rings (SSSR count). The van der Waals surface area contributed by atoms with E-state index >= 15 is 0 Å². The van der Waals surface area contributed by atoms with Crippen molar-refractivity contribution in [2.24, 2.45) is 5.92 Å². The Balaban J connectivity index is 0.000000153. The lowest BCUT2D eigenvalue weighted by Gasteiger charge is -2.27. The van der Waals surface area contributed by atoms with E-state index in [2.05, 4.69) is 30.9 Å². The summed E-state index contributed by atoms with van der Waals surface area (Å²) >= 11 is 0. The molecule has 0 saturated heterocycles. The number of benzene rings is 3. The molecule has 6 aromatic rings. The zero-order valence-corrected chi connectivity index (χ0v) is 34.0. The summed E-state index contributed by atoms with van der Waals surface area (Å²) in [4.78, 5) is 11.5. The third-order valence-electron chi connectivity index (χ3n) is 9.25. The number of anilines is 3. The number of ether oxygens (including phenoxy) is 6. The van der Waals surface area contributed by atoms with Crippen molar-refractivity contribution in [1.29, 1.82) is 0 Å². The Bertz CT molecular complexity index is 2160. The van der Waals surface area contributed by atoms with Crippen molar-refractivity contribution in [3.05, 3.63) is 110 Å². The topological polar surface area (TPSA) is 170 Å². The summed E-state index contributed by atoms with van der Waals surface area (Å²) in [6.45, 7) is 0.978. The predicted octanol–water partition coefficient (Wildman–Crippen LogP) is 9.55. The minimum atomic E-state index is -4.39. The summed E-state index contributed by atoms with van der Waals surface area (Å²) < 4.78 is 84.0. The maximum absolute atomic E-state index is 12.1. The number of nitrogens with zero attached hydrogens (tertiary/aromatic N) is 3. The van der Waals surface area contributed by atoms with Crippen LogP contribution in [-0.2, 0) is 19.6 Å². The third kappa shape index (κ3) is 14.5. The summed E-state index contributed by atoms with van der Waals surface area (Å²) in [6, 6.07) is 16.2. The van der Waals surface area contributed by atoms with E-state index in [1.54, 1.807) is 44.9 Å². The van der Waals surface area contributed by atoms with Crippen molar-refractivity contribution < 1.29 is 54.8 Å². The lowest BCUT2D eigenvalue weighted by atomic mass is 9.96. The molecule has 2 aliphatic carbocycles. The van der Waals surface area contributed by atoms with Crippen molar-refractivity contribution in [1.82, 2.24) is 15.0 Å². The number of oxazole rings is 3. The molecule has 0 spiro atoms. The summed E-state index contributed by atoms with van der Waals surface area (Å²) in [6.07, 6.45) is 11.1. The lowest BCUT2D eigenvalue weighted by molar-refractivity contribution is -0.153. The van der Waals surface area contributed by atoms with Crippen LogP contribution in [0.3, 0.4) is 0 Å². The molecule has 15 nitrogen and oxygen atoms in total. The standard InChI is InChI=1S/2C15H18N2O3.C13H13F3N2O3/c1-18-14-5-4-12(17-8-13-7-16-10-20-13)6-15(14)19-9-11-2-3-11;1-18-14-6-5-11(17-9-13-8-16-10-19-13)7-15(14)20-12-3-2-4-12;1-19-12-4-9(18-6-10-5-17-8-21-10)2-3-11(12)20-7-13(14,15)16/h4-7,10-11,17H,2-3,8-9H2,1H3;5-8,10,12,17H,2-4,9H2,1H3;2-5,8,18H,6-7H2,1H3. The maximum atomic E-state index is 12.1. The van der Waals surface area contributed by atoms with Gasteiger partial charge in [0.25, 0.3) is 0 Å². The van der Waals surface area contributed by atoms with Crippen LogP contribution in [0.5, 0.6) is 34.5 Å². The fraction of sp³-hybridized carbons (Fsp3) is 0.372. The molecule has 3 heterocycles. The average molecular weight is 851 g/mol. The number of rotatable bonds is 19. The minimum absolute atomic E-state index is 0.0278. The first kappa shape index (κ1) is 43.8. The van der Waals surface area contributed by atoms with Gasteiger partial charge >= 0.3 is 6.18 Å². The van der Waals surface area contributed by atoms with E-state index in [1.165, 1.54) is 51.6 Å². The number of aromatic nitrogens is 3. The highest BCUT2D eigenvalue weighted by Crippen LogP contribution is 2.36. The first-order chi connectivity index (χ1) is 29.7. The SMILES string of the molecule is COc1cc(NCc2cnco2)ccc1OCC(F)(F)F.COc1ccc(NCc2cnco2)cc1OC1CCC1.COc1ccc(NCc2cnco2)cc1OCC1CC1. The first-order valence-electron chi connectivity index (χ1n) is 19.5. The van der Waals surface area contributed by atoms with Gasteiger partial charge in [0.1, 0.15) is 17.3 Å². The van der Waals surface area contributed by atoms with E-state index in [0.717, 1.165) is 65.3 Å². The highest BCUT2D eigenvalue weighted by atomic mass is 19.4. The number of halogens is 3. The van der Waals surface area contributed by atoms with Crippen LogP contribution in [0.1, 0.15) is 49.4 Å². The number of methoxy groups -OCH3 is 3. The Morgan fingerprint density at radius 3 is 1.44 bits per heavy atom. The van der Waals surface area contributed by atoms with Crippen molar-refractivity contribution in [3.63, 3.8) is 0 Å². The molecule has 61 heavy (non-hydrogen) atoms. The van der Waals surface area contributed by atoms with Crippen molar-refractivity contribution >= 4 is 17.1 Å². The van der Waals surface area contributed by atoms with Gasteiger partial charge in [-0.3, -0.25) is 0 Å². The Morgan fingerprint density at radius 2 is 1.03 bits per heavy atom. The van der Waals surface area contributed by atoms with Crippen molar-refractivity contribution in [2.75, 3.05) is 50.5 Å². The van der Waals surface area contributed by atoms with Crippen LogP contribution in [-0.4, -0.2) is 61.8 Å². The zero-order chi connectivity index (χ0) is 42.9. The molecular formula is C43H49F3N6O9. The van der Waals surface area contributed by atoms with Gasteiger partial charge in [0.05, 0.1) is 72.3 Å². The number of alkyl halides is 3. The van der Waals surface area contributed by atoms with Crippen LogP contribution in [0.4, 0.5) is 30.2 Å². The molecule has 3 aromatic carbocycles. The van der Waals surface area contributed by atoms with Crippen LogP contribution in [0.25, 0.3) is 0 Å². The molecule has 0 atom stereocenters. The molecule has 3 N–H and O–H groups in total. The predicted molar refractivity (Wildman–Crippen MR) is 219 cm³/mol. The largest absolute Gasteiger partial charge is 0.493 e. The Hall–Kier alpha value is -6.72. The molecule has 0 unspecified atom stereocenters. The minimum Gasteiger partial charge on any atom is -0.493 e. The van der Waals surface area contributed by atoms with Gasteiger partial charge in [0.15, 0.2) is 60.3 Å². The second-order valence-corrected chi connectivity index (χ2v) is 13.9. The summed E-state index contributed by atoms with van der Waals surface area (Å²) in [7, 11) is 4.67. The molecule has 0 radical (unpaired) electrons. The molecule has 326 valence electrons. The maximum Gasteiger partial charge on any atom is 0.422 e. The van der Waals surface area contributed by atoms with Gasteiger partial charge in [-0.15, -0.1) is 0 Å². The van der Waals surface area contributed by atoms with E-state index < -0.39 is 12.8 Å². The second-order valence-electron chi connectivity index (χ2n) is 13.9. The van der Waals surface area contributed by atoms with Crippen LogP contribution in [0.15, 0.2) is 106 Å². The highest BCUT2D eigenvalue weighted by Gasteiger charge is 2.29. The molecule has 0 amide bonds. The Morgan fingerprint density at radius 1 is 0.574 bits per heavy atom. The molecule has 3 aromatic heterocycles. The fourth-order valence-electron chi connectivity index (χ4n) is 5.55. The Kier molecular flexibility index (Phi) is 15.8. The van der Waals surface area contributed by atoms with E-state index in [1.807, 2.05) is 36.4 Å². The van der Waals surface area contributed by atoms with Crippen LogP contribution in [0.2, 0.25) is 0 Å². The summed E-state index contributed by atoms with van der Waals surface area (Å²) in [5.74, 6) is 6.27. The van der Waals surface area contributed by atoms with E-state index in [0.29, 0.717) is 43.1 Å². The van der Waals surface area contributed by atoms with Gasteiger partial charge in [-0.1, -0.05) is 0 Å². The molecular weight excluding hydrogens is 801 g/mol. The highest BCUT2D eigenvalue weighted by molar-refractivity contribution is 5.56. The van der Waals surface area contributed by atoms with Crippen LogP contribution < -0.4 is 44.4 Å². The number of hydrogen-bond donors (Lipinski definition) is 3. The smallest absolute Gasteiger partial charge is 0.422 e. The average Bonchev–Trinajstić information content (AvgIpc) is 3.64. The molecule has 0 aliphatic heterocycles. The van der Waals surface area contributed by atoms with Crippen molar-refractivity contribution in [3.8, 4) is 34.5 Å². The molecule has 0 bridgehead atoms. The van der Waals surface area contributed by atoms with Gasteiger partial charge in [0.2, 0.25) is 0 Å². The van der Waals surface area contributed by atoms with E-state index in [4.69, 9.17) is 41.7 Å². The van der Waals surface area contributed by atoms with Gasteiger partial charge in [-0.25, -0.2) is 15.0 Å². The third-order valence-corrected chi connectivity index (χ3v) is 9.25. The molecule has 2 aliphatic rings. The van der Waals surface area contributed by atoms with Gasteiger partial charge in [-0.05, 0) is 74.4 Å². The first-order valence-corrected chi connectivity index (χ1v) is 19.5. The zero-order valence-electron chi connectivity index (χ0n) is 34.0. The van der Waals surface area contributed by atoms with Gasteiger partial charge in [-0.2, -0.15) is 13.2 Å². The van der Waals surface area contributed by atoms with Gasteiger partial charge in [0, 0.05) is 35.3 Å². The van der Waals surface area contributed by atoms with E-state index in [9.17, 15) is 13.2 Å². The number of nitrogens with one attached hydrogen (secondary N) is 3. The summed E-state index contributed by atoms with van der Waals surface area (Å²) in [5, 5.41) is 9.58. The fourth-order valence-corrected chi connectivity index (χ4v) is 5.55. The molecule has 18 heteroatoms. The summed E-state index contributed by atoms with van der Waals surface area (Å²) in [5.41, 5.74) is 2.59. The monoisotopic (exact) mass is 850 g/mol. The van der Waals surface area contributed by atoms with E-state index in [-0.39, 0.29) is 11.5 Å².